The molecular weight excluding hydrogens is 274 g/mol. The highest BCUT2D eigenvalue weighted by Gasteiger charge is 2.66. The second-order valence-corrected chi connectivity index (χ2v) is 9.93. The topological polar surface area (TPSA) is 49.3 Å². The van der Waals surface area contributed by atoms with Crippen LogP contribution in [0.1, 0.15) is 79.1 Å². The van der Waals surface area contributed by atoms with Gasteiger partial charge in [0.1, 0.15) is 6.04 Å². The van der Waals surface area contributed by atoms with Crippen molar-refractivity contribution in [2.24, 2.45) is 21.7 Å². The highest BCUT2D eigenvalue weighted by atomic mass is 16.4. The van der Waals surface area contributed by atoms with Gasteiger partial charge in [0.15, 0.2) is 0 Å². The largest absolute Gasteiger partial charge is 0.480 e. The molecular formula is C19H33NO2. The van der Waals surface area contributed by atoms with Crippen molar-refractivity contribution in [3.8, 4) is 0 Å². The van der Waals surface area contributed by atoms with Gasteiger partial charge in [0.05, 0.1) is 0 Å². The number of carboxylic acids is 1. The molecule has 4 fully saturated rings. The number of hydrogen-bond acceptors (Lipinski definition) is 2. The highest BCUT2D eigenvalue weighted by Crippen LogP contribution is 2.74. The lowest BCUT2D eigenvalue weighted by atomic mass is 9.35. The molecule has 0 radical (unpaired) electrons. The standard InChI is InChI=1S/C19H33NO2/c1-5-6-7-20-14(15(21)22)19-11-16(2)8-17(3,12-19)10-18(4,9-16)13-19/h14,20H,5-13H2,1-4H3,(H,21,22)/t14-,16?,17?,18?,19?/m1/s1. The number of carbonyl (C=O) groups is 1. The number of aliphatic carboxylic acids is 1. The Hall–Kier alpha value is -0.570. The van der Waals surface area contributed by atoms with Crippen LogP contribution in [0.3, 0.4) is 0 Å². The van der Waals surface area contributed by atoms with Crippen molar-refractivity contribution in [2.45, 2.75) is 85.1 Å². The van der Waals surface area contributed by atoms with Crippen LogP contribution in [0, 0.1) is 21.7 Å². The monoisotopic (exact) mass is 307 g/mol. The lowest BCUT2D eigenvalue weighted by molar-refractivity contribution is -0.199. The molecule has 2 N–H and O–H groups in total. The summed E-state index contributed by atoms with van der Waals surface area (Å²) in [7, 11) is 0. The van der Waals surface area contributed by atoms with Crippen LogP contribution in [0.25, 0.3) is 0 Å². The summed E-state index contributed by atoms with van der Waals surface area (Å²) >= 11 is 0. The van der Waals surface area contributed by atoms with Gasteiger partial charge in [-0.1, -0.05) is 34.1 Å². The van der Waals surface area contributed by atoms with Crippen LogP contribution in [0.4, 0.5) is 0 Å². The zero-order valence-electron chi connectivity index (χ0n) is 14.8. The lowest BCUT2D eigenvalue weighted by Gasteiger charge is -2.70. The van der Waals surface area contributed by atoms with Crippen molar-refractivity contribution in [1.29, 1.82) is 0 Å². The van der Waals surface area contributed by atoms with E-state index in [1.165, 1.54) is 19.3 Å². The van der Waals surface area contributed by atoms with Crippen molar-refractivity contribution < 1.29 is 9.90 Å². The van der Waals surface area contributed by atoms with Crippen LogP contribution in [-0.4, -0.2) is 23.7 Å². The SMILES string of the molecule is CCCCN[C@H](C(=O)O)C12CC3(C)CC(C)(CC(C)(C3)C1)C2. The van der Waals surface area contributed by atoms with E-state index in [9.17, 15) is 9.90 Å². The number of unbranched alkanes of at least 4 members (excludes halogenated alkanes) is 1. The minimum atomic E-state index is -0.631. The molecule has 0 amide bonds. The fraction of sp³-hybridized carbons (Fsp3) is 0.947. The Bertz CT molecular complexity index is 419. The van der Waals surface area contributed by atoms with E-state index in [2.05, 4.69) is 33.0 Å². The third kappa shape index (κ3) is 2.60. The predicted molar refractivity (Wildman–Crippen MR) is 88.8 cm³/mol. The Balaban J connectivity index is 1.91. The van der Waals surface area contributed by atoms with E-state index >= 15 is 0 Å². The van der Waals surface area contributed by atoms with Gasteiger partial charge in [-0.3, -0.25) is 4.79 Å². The summed E-state index contributed by atoms with van der Waals surface area (Å²) in [4.78, 5) is 12.1. The molecule has 4 aliphatic rings. The Morgan fingerprint density at radius 2 is 1.45 bits per heavy atom. The molecule has 3 heteroatoms. The van der Waals surface area contributed by atoms with Gasteiger partial charge in [0.25, 0.3) is 0 Å². The Kier molecular flexibility index (Phi) is 3.67. The molecule has 0 unspecified atom stereocenters. The summed E-state index contributed by atoms with van der Waals surface area (Å²) < 4.78 is 0. The zero-order chi connectivity index (χ0) is 16.2. The first-order valence-electron chi connectivity index (χ1n) is 9.10. The molecule has 4 rings (SSSR count). The van der Waals surface area contributed by atoms with Gasteiger partial charge in [0.2, 0.25) is 0 Å². The average Bonchev–Trinajstić information content (AvgIpc) is 2.27. The number of rotatable bonds is 6. The normalized spacial score (nSPS) is 47.6. The van der Waals surface area contributed by atoms with Crippen LogP contribution in [0.5, 0.6) is 0 Å². The molecule has 0 aromatic rings. The van der Waals surface area contributed by atoms with E-state index in [4.69, 9.17) is 0 Å². The fourth-order valence-corrected chi connectivity index (χ4v) is 7.69. The summed E-state index contributed by atoms with van der Waals surface area (Å²) in [6.07, 6.45) is 9.34. The van der Waals surface area contributed by atoms with Gasteiger partial charge in [0, 0.05) is 0 Å². The molecule has 0 spiro atoms. The van der Waals surface area contributed by atoms with Crippen LogP contribution in [0.2, 0.25) is 0 Å². The van der Waals surface area contributed by atoms with Gasteiger partial charge in [-0.2, -0.15) is 0 Å². The van der Waals surface area contributed by atoms with Crippen LogP contribution in [-0.2, 0) is 4.79 Å². The van der Waals surface area contributed by atoms with E-state index < -0.39 is 5.97 Å². The minimum absolute atomic E-state index is 0.0351. The molecule has 126 valence electrons. The maximum Gasteiger partial charge on any atom is 0.321 e. The summed E-state index contributed by atoms with van der Waals surface area (Å²) in [5.41, 5.74) is 1.00. The van der Waals surface area contributed by atoms with Crippen molar-refractivity contribution in [2.75, 3.05) is 6.54 Å². The Morgan fingerprint density at radius 1 is 1.00 bits per heavy atom. The van der Waals surface area contributed by atoms with Crippen molar-refractivity contribution in [3.05, 3.63) is 0 Å². The lowest BCUT2D eigenvalue weighted by Crippen LogP contribution is -2.65. The van der Waals surface area contributed by atoms with Gasteiger partial charge >= 0.3 is 5.97 Å². The highest BCUT2D eigenvalue weighted by molar-refractivity contribution is 5.75. The molecule has 4 bridgehead atoms. The average molecular weight is 307 g/mol. The molecule has 0 aliphatic heterocycles. The second-order valence-electron chi connectivity index (χ2n) is 9.93. The van der Waals surface area contributed by atoms with E-state index in [1.807, 2.05) is 0 Å². The second kappa shape index (κ2) is 4.96. The first-order valence-corrected chi connectivity index (χ1v) is 9.10. The predicted octanol–water partition coefficient (Wildman–Crippen LogP) is 4.22. The molecule has 4 aliphatic carbocycles. The van der Waals surface area contributed by atoms with E-state index in [-0.39, 0.29) is 11.5 Å². The van der Waals surface area contributed by atoms with Gasteiger partial charge in [-0.05, 0) is 73.2 Å². The van der Waals surface area contributed by atoms with Gasteiger partial charge < -0.3 is 10.4 Å². The summed E-state index contributed by atoms with van der Waals surface area (Å²) in [5, 5.41) is 13.4. The summed E-state index contributed by atoms with van der Waals surface area (Å²) in [6, 6.07) is -0.363. The van der Waals surface area contributed by atoms with Crippen LogP contribution >= 0.6 is 0 Å². The van der Waals surface area contributed by atoms with Crippen molar-refractivity contribution in [3.63, 3.8) is 0 Å². The zero-order valence-corrected chi connectivity index (χ0v) is 14.8. The van der Waals surface area contributed by atoms with E-state index in [0.29, 0.717) is 16.2 Å². The number of hydrogen-bond donors (Lipinski definition) is 2. The Morgan fingerprint density at radius 3 is 1.82 bits per heavy atom. The Labute approximate surface area is 135 Å². The first kappa shape index (κ1) is 16.3. The fourth-order valence-electron chi connectivity index (χ4n) is 7.69. The smallest absolute Gasteiger partial charge is 0.321 e. The van der Waals surface area contributed by atoms with Crippen molar-refractivity contribution >= 4 is 5.97 Å². The maximum atomic E-state index is 12.1. The third-order valence-corrected chi connectivity index (χ3v) is 6.64. The molecule has 4 saturated carbocycles. The van der Waals surface area contributed by atoms with Crippen LogP contribution < -0.4 is 5.32 Å². The number of nitrogens with one attached hydrogen (secondary N) is 1. The minimum Gasteiger partial charge on any atom is -0.480 e. The van der Waals surface area contributed by atoms with E-state index in [0.717, 1.165) is 38.6 Å². The van der Waals surface area contributed by atoms with Gasteiger partial charge in [-0.15, -0.1) is 0 Å². The maximum absolute atomic E-state index is 12.1. The molecule has 0 saturated heterocycles. The third-order valence-electron chi connectivity index (χ3n) is 6.64. The molecule has 0 aromatic carbocycles. The summed E-state index contributed by atoms with van der Waals surface area (Å²) in [5.74, 6) is -0.631. The first-order chi connectivity index (χ1) is 10.1. The van der Waals surface area contributed by atoms with Gasteiger partial charge in [-0.25, -0.2) is 0 Å². The molecule has 1 atom stereocenters. The van der Waals surface area contributed by atoms with E-state index in [1.54, 1.807) is 0 Å². The quantitative estimate of drug-likeness (QED) is 0.722. The molecule has 3 nitrogen and oxygen atoms in total. The van der Waals surface area contributed by atoms with Crippen molar-refractivity contribution in [1.82, 2.24) is 5.32 Å². The summed E-state index contributed by atoms with van der Waals surface area (Å²) in [6.45, 7) is 10.2. The molecule has 22 heavy (non-hydrogen) atoms. The molecule has 0 aromatic heterocycles. The number of carboxylic acid groups (broad SMARTS) is 1. The van der Waals surface area contributed by atoms with Crippen LogP contribution in [0.15, 0.2) is 0 Å². The molecule has 0 heterocycles.